The van der Waals surface area contributed by atoms with E-state index in [1.54, 1.807) is 31.4 Å². The summed E-state index contributed by atoms with van der Waals surface area (Å²) < 4.78 is 16.2. The maximum absolute atomic E-state index is 12.0. The summed E-state index contributed by atoms with van der Waals surface area (Å²) in [5, 5.41) is 26.9. The van der Waals surface area contributed by atoms with Crippen LogP contribution in [0.5, 0.6) is 11.6 Å². The van der Waals surface area contributed by atoms with Crippen molar-refractivity contribution < 1.29 is 24.1 Å². The first-order valence-electron chi connectivity index (χ1n) is 12.9. The molecule has 2 aliphatic heterocycles. The second-order valence-corrected chi connectivity index (χ2v) is 10.8. The Hall–Kier alpha value is -3.99. The smallest absolute Gasteiger partial charge is 0.408 e. The Balaban J connectivity index is 1.39. The van der Waals surface area contributed by atoms with Crippen molar-refractivity contribution in [2.45, 2.75) is 56.7 Å². The molecule has 2 aromatic heterocycles. The molecule has 4 heterocycles. The minimum absolute atomic E-state index is 0.0786. The fraction of sp³-hybridized carbons (Fsp3) is 0.464. The molecule has 1 amide bonds. The molecule has 0 aliphatic carbocycles. The van der Waals surface area contributed by atoms with E-state index < -0.39 is 6.09 Å². The topological polar surface area (TPSA) is 123 Å². The van der Waals surface area contributed by atoms with Gasteiger partial charge in [-0.25, -0.2) is 4.79 Å². The van der Waals surface area contributed by atoms with E-state index in [1.807, 2.05) is 37.4 Å². The van der Waals surface area contributed by atoms with E-state index in [2.05, 4.69) is 39.1 Å². The number of carbonyl (C=O) groups is 1. The molecule has 206 valence electrons. The number of hydrogen-bond donors (Lipinski definition) is 1. The number of piperidine rings is 1. The lowest BCUT2D eigenvalue weighted by atomic mass is 9.82. The Morgan fingerprint density at radius 3 is 2.41 bits per heavy atom. The van der Waals surface area contributed by atoms with Crippen LogP contribution in [0.2, 0.25) is 0 Å². The van der Waals surface area contributed by atoms with E-state index in [1.165, 1.54) is 0 Å². The summed E-state index contributed by atoms with van der Waals surface area (Å²) in [4.78, 5) is 15.8. The van der Waals surface area contributed by atoms with Crippen LogP contribution in [0.15, 0.2) is 42.6 Å². The van der Waals surface area contributed by atoms with Crippen LogP contribution in [0.1, 0.15) is 39.5 Å². The summed E-state index contributed by atoms with van der Waals surface area (Å²) in [5.41, 5.74) is 2.40. The van der Waals surface area contributed by atoms with Gasteiger partial charge in [0.15, 0.2) is 12.6 Å². The fourth-order valence-electron chi connectivity index (χ4n) is 6.23. The monoisotopic (exact) mass is 534 g/mol. The van der Waals surface area contributed by atoms with Crippen LogP contribution in [-0.4, -0.2) is 81.7 Å². The van der Waals surface area contributed by atoms with Gasteiger partial charge in [-0.2, -0.15) is 5.10 Å². The van der Waals surface area contributed by atoms with Gasteiger partial charge in [0, 0.05) is 48.5 Å². The van der Waals surface area contributed by atoms with Gasteiger partial charge in [0.2, 0.25) is 5.88 Å². The number of benzene rings is 1. The number of amides is 1. The molecule has 0 spiro atoms. The van der Waals surface area contributed by atoms with Gasteiger partial charge in [-0.1, -0.05) is 6.07 Å². The molecule has 2 aliphatic rings. The lowest BCUT2D eigenvalue weighted by molar-refractivity contribution is 0.0131. The quantitative estimate of drug-likeness (QED) is 0.414. The zero-order valence-electron chi connectivity index (χ0n) is 22.9. The molecule has 3 aromatic rings. The van der Waals surface area contributed by atoms with Gasteiger partial charge in [-0.15, -0.1) is 15.3 Å². The lowest BCUT2D eigenvalue weighted by Gasteiger charge is -2.51. The summed E-state index contributed by atoms with van der Waals surface area (Å²) in [6.45, 7) is 4.20. The number of fused-ring (bicyclic) bond motifs is 2. The Kier molecular flexibility index (Phi) is 7.02. The number of methoxy groups -OCH3 is 2. The summed E-state index contributed by atoms with van der Waals surface area (Å²) in [5.74, 6) is 1.76. The van der Waals surface area contributed by atoms with E-state index in [0.29, 0.717) is 17.3 Å². The van der Waals surface area contributed by atoms with Gasteiger partial charge >= 0.3 is 6.09 Å². The summed E-state index contributed by atoms with van der Waals surface area (Å²) in [6, 6.07) is 11.6. The van der Waals surface area contributed by atoms with Crippen molar-refractivity contribution in [1.29, 1.82) is 0 Å². The van der Waals surface area contributed by atoms with Crippen LogP contribution < -0.4 is 14.4 Å². The molecule has 2 saturated heterocycles. The maximum Gasteiger partial charge on any atom is 0.408 e. The average Bonchev–Trinajstić information content (AvgIpc) is 3.12. The van der Waals surface area contributed by atoms with Crippen LogP contribution in [0.3, 0.4) is 0 Å². The van der Waals surface area contributed by atoms with Crippen LogP contribution in [0, 0.1) is 0 Å². The van der Waals surface area contributed by atoms with Crippen molar-refractivity contribution >= 4 is 11.9 Å². The van der Waals surface area contributed by atoms with Gasteiger partial charge in [-0.05, 0) is 69.4 Å². The van der Waals surface area contributed by atoms with Crippen molar-refractivity contribution in [3.05, 3.63) is 42.6 Å². The highest BCUT2D eigenvalue weighted by molar-refractivity contribution is 5.75. The highest BCUT2D eigenvalue weighted by Gasteiger charge is 2.58. The summed E-state index contributed by atoms with van der Waals surface area (Å²) in [6.07, 6.45) is 4.07. The first-order valence-corrected chi connectivity index (χ1v) is 12.9. The highest BCUT2D eigenvalue weighted by atomic mass is 16.7. The molecule has 2 fully saturated rings. The Morgan fingerprint density at radius 2 is 1.79 bits per heavy atom. The van der Waals surface area contributed by atoms with Crippen LogP contribution >= 0.6 is 0 Å². The second kappa shape index (κ2) is 10.3. The molecule has 2 bridgehead atoms. The maximum atomic E-state index is 12.0. The first kappa shape index (κ1) is 26.6. The molecule has 11 heteroatoms. The summed E-state index contributed by atoms with van der Waals surface area (Å²) >= 11 is 0. The fourth-order valence-corrected chi connectivity index (χ4v) is 6.23. The largest absolute Gasteiger partial charge is 0.480 e. The van der Waals surface area contributed by atoms with Crippen LogP contribution in [-0.2, 0) is 4.74 Å². The van der Waals surface area contributed by atoms with Gasteiger partial charge in [0.25, 0.3) is 0 Å². The zero-order valence-corrected chi connectivity index (χ0v) is 22.9. The standard InChI is InChI=1S/C28H34N6O5/c1-27-10-11-28(2,34(27)26(35)36)15-20(14-27)33(3)24-9-8-22(30-31-24)21-7-6-18(12-23(21)39-17-37-4)19-13-25(38-5)32-29-16-19/h6-9,12-13,16,20H,10-11,14-15,17H2,1-5H3,(H,35,36)/t20-,27-,28+. The third kappa shape index (κ3) is 4.94. The van der Waals surface area contributed by atoms with E-state index >= 15 is 0 Å². The third-order valence-corrected chi connectivity index (χ3v) is 8.15. The lowest BCUT2D eigenvalue weighted by Crippen LogP contribution is -2.62. The number of nitrogens with zero attached hydrogens (tertiary/aromatic N) is 6. The van der Waals surface area contributed by atoms with Crippen molar-refractivity contribution in [1.82, 2.24) is 25.3 Å². The van der Waals surface area contributed by atoms with Crippen LogP contribution in [0.25, 0.3) is 22.4 Å². The minimum atomic E-state index is -0.834. The number of ether oxygens (including phenoxy) is 3. The zero-order chi connectivity index (χ0) is 27.8. The molecule has 5 rings (SSSR count). The summed E-state index contributed by atoms with van der Waals surface area (Å²) in [7, 11) is 5.13. The van der Waals surface area contributed by atoms with Crippen LogP contribution in [0.4, 0.5) is 10.6 Å². The van der Waals surface area contributed by atoms with E-state index in [0.717, 1.165) is 48.2 Å². The first-order chi connectivity index (χ1) is 18.7. The molecule has 1 aromatic carbocycles. The Bertz CT molecular complexity index is 1330. The predicted octanol–water partition coefficient (Wildman–Crippen LogP) is 4.48. The number of hydrogen-bond acceptors (Lipinski definition) is 9. The average molecular weight is 535 g/mol. The van der Waals surface area contributed by atoms with Crippen molar-refractivity contribution in [3.8, 4) is 34.0 Å². The molecule has 0 radical (unpaired) electrons. The van der Waals surface area contributed by atoms with Gasteiger partial charge in [-0.3, -0.25) is 4.90 Å². The Morgan fingerprint density at radius 1 is 1.05 bits per heavy atom. The number of anilines is 1. The van der Waals surface area contributed by atoms with Gasteiger partial charge < -0.3 is 24.2 Å². The molecule has 11 nitrogen and oxygen atoms in total. The number of carboxylic acid groups (broad SMARTS) is 1. The SMILES string of the molecule is COCOc1cc(-c2cnnc(OC)c2)ccc1-c1ccc(N(C)[C@H]2C[C@]3(C)CC[C@](C)(C2)N3C(=O)O)nn1. The van der Waals surface area contributed by atoms with Crippen molar-refractivity contribution in [2.75, 3.05) is 33.0 Å². The molecule has 1 N–H and O–H groups in total. The second-order valence-electron chi connectivity index (χ2n) is 10.8. The normalized spacial score (nSPS) is 23.9. The molecule has 0 saturated carbocycles. The highest BCUT2D eigenvalue weighted by Crippen LogP contribution is 2.51. The van der Waals surface area contributed by atoms with Gasteiger partial charge in [0.1, 0.15) is 5.75 Å². The van der Waals surface area contributed by atoms with Gasteiger partial charge in [0.05, 0.1) is 19.0 Å². The molecule has 3 atom stereocenters. The number of aromatic nitrogens is 4. The Labute approximate surface area is 227 Å². The number of rotatable bonds is 8. The van der Waals surface area contributed by atoms with E-state index in [-0.39, 0.29) is 23.9 Å². The molecule has 0 unspecified atom stereocenters. The predicted molar refractivity (Wildman–Crippen MR) is 145 cm³/mol. The third-order valence-electron chi connectivity index (χ3n) is 8.15. The molecular weight excluding hydrogens is 500 g/mol. The van der Waals surface area contributed by atoms with E-state index in [4.69, 9.17) is 14.2 Å². The molecule has 39 heavy (non-hydrogen) atoms. The van der Waals surface area contributed by atoms with Crippen molar-refractivity contribution in [2.24, 2.45) is 0 Å². The molecular formula is C28H34N6O5. The van der Waals surface area contributed by atoms with E-state index in [9.17, 15) is 9.90 Å². The van der Waals surface area contributed by atoms with Crippen molar-refractivity contribution in [3.63, 3.8) is 0 Å². The minimum Gasteiger partial charge on any atom is -0.480 e.